The van der Waals surface area contributed by atoms with Crippen LogP contribution in [0.5, 0.6) is 0 Å². The number of Topliss-reactive ketones (excluding diaryl/α,β-unsaturated/α-hetero) is 1. The summed E-state index contributed by atoms with van der Waals surface area (Å²) in [5.41, 5.74) is 0.0848. The lowest BCUT2D eigenvalue weighted by atomic mass is 9.82. The van der Waals surface area contributed by atoms with Crippen molar-refractivity contribution in [3.05, 3.63) is 0 Å². The van der Waals surface area contributed by atoms with Crippen LogP contribution in [0.25, 0.3) is 0 Å². The Bertz CT molecular complexity index is 299. The van der Waals surface area contributed by atoms with E-state index < -0.39 is 0 Å². The molecule has 2 aliphatic rings. The summed E-state index contributed by atoms with van der Waals surface area (Å²) in [4.78, 5) is 24.8. The largest absolute Gasteiger partial charge is 0.331 e. The highest BCUT2D eigenvalue weighted by atomic mass is 16.2. The summed E-state index contributed by atoms with van der Waals surface area (Å²) in [5, 5.41) is 0. The van der Waals surface area contributed by atoms with Crippen LogP contribution in [-0.2, 0) is 9.59 Å². The molecule has 0 spiro atoms. The van der Waals surface area contributed by atoms with E-state index in [1.165, 1.54) is 12.8 Å². The van der Waals surface area contributed by atoms with Gasteiger partial charge in [0.05, 0.1) is 13.0 Å². The van der Waals surface area contributed by atoms with Crippen LogP contribution in [0.4, 0.5) is 0 Å². The van der Waals surface area contributed by atoms with E-state index in [1.807, 2.05) is 4.90 Å². The lowest BCUT2D eigenvalue weighted by Gasteiger charge is -2.38. The summed E-state index contributed by atoms with van der Waals surface area (Å²) >= 11 is 0. The Morgan fingerprint density at radius 3 is 2.20 bits per heavy atom. The van der Waals surface area contributed by atoms with Crippen molar-refractivity contribution in [2.45, 2.75) is 46.1 Å². The minimum absolute atomic E-state index is 0.0341. The molecule has 0 aromatic carbocycles. The number of hydrogen-bond donors (Lipinski definition) is 0. The van der Waals surface area contributed by atoms with E-state index in [9.17, 15) is 9.59 Å². The molecule has 0 radical (unpaired) electrons. The van der Waals surface area contributed by atoms with Gasteiger partial charge in [0.1, 0.15) is 0 Å². The van der Waals surface area contributed by atoms with E-state index in [1.54, 1.807) is 0 Å². The first-order chi connectivity index (χ1) is 6.89. The van der Waals surface area contributed by atoms with Gasteiger partial charge in [-0.25, -0.2) is 0 Å². The maximum atomic E-state index is 11.7. The molecule has 1 aliphatic heterocycles. The molecule has 0 aromatic heterocycles. The number of likely N-dealkylation sites (tertiary alicyclic amines) is 1. The molecule has 0 N–H and O–H groups in total. The summed E-state index contributed by atoms with van der Waals surface area (Å²) in [7, 11) is 0. The van der Waals surface area contributed by atoms with Gasteiger partial charge in [0.2, 0.25) is 5.91 Å². The van der Waals surface area contributed by atoms with Crippen molar-refractivity contribution in [1.29, 1.82) is 0 Å². The van der Waals surface area contributed by atoms with Crippen molar-refractivity contribution in [2.24, 2.45) is 11.3 Å². The van der Waals surface area contributed by atoms with Crippen molar-refractivity contribution in [2.75, 3.05) is 6.54 Å². The Hall–Kier alpha value is -0.860. The maximum absolute atomic E-state index is 11.7. The molecular weight excluding hydrogens is 190 g/mol. The third-order valence-corrected chi connectivity index (χ3v) is 3.31. The molecule has 1 unspecified atom stereocenters. The molecule has 0 bridgehead atoms. The number of hydrogen-bond acceptors (Lipinski definition) is 2. The summed E-state index contributed by atoms with van der Waals surface area (Å²) in [6.45, 7) is 6.82. The molecule has 84 valence electrons. The highest BCUT2D eigenvalue weighted by Gasteiger charge is 2.46. The van der Waals surface area contributed by atoms with Crippen molar-refractivity contribution in [3.63, 3.8) is 0 Å². The Morgan fingerprint density at radius 2 is 1.87 bits per heavy atom. The van der Waals surface area contributed by atoms with Crippen LogP contribution in [0, 0.1) is 11.3 Å². The fourth-order valence-electron chi connectivity index (χ4n) is 2.70. The first kappa shape index (κ1) is 10.7. The number of nitrogens with zero attached hydrogens (tertiary/aromatic N) is 1. The molecule has 1 amide bonds. The summed E-state index contributed by atoms with van der Waals surface area (Å²) < 4.78 is 0. The molecule has 1 heterocycles. The minimum atomic E-state index is 0.0341. The SMILES string of the molecule is CC(C)(C)C(C1CC1)N1CC(=O)CC1=O. The molecule has 3 heteroatoms. The van der Waals surface area contributed by atoms with Crippen LogP contribution in [-0.4, -0.2) is 29.2 Å². The van der Waals surface area contributed by atoms with Gasteiger partial charge in [-0.2, -0.15) is 0 Å². The predicted molar refractivity (Wildman–Crippen MR) is 57.3 cm³/mol. The zero-order chi connectivity index (χ0) is 11.2. The van der Waals surface area contributed by atoms with Gasteiger partial charge in [0.15, 0.2) is 5.78 Å². The topological polar surface area (TPSA) is 37.4 Å². The number of amides is 1. The highest BCUT2D eigenvalue weighted by molar-refractivity contribution is 6.05. The van der Waals surface area contributed by atoms with Gasteiger partial charge in [0, 0.05) is 6.04 Å². The number of carbonyl (C=O) groups excluding carboxylic acids is 2. The Balaban J connectivity index is 2.18. The van der Waals surface area contributed by atoms with E-state index in [-0.39, 0.29) is 29.6 Å². The molecule has 1 saturated carbocycles. The lowest BCUT2D eigenvalue weighted by Crippen LogP contribution is -2.46. The van der Waals surface area contributed by atoms with E-state index in [0.29, 0.717) is 12.5 Å². The average molecular weight is 209 g/mol. The van der Waals surface area contributed by atoms with E-state index in [0.717, 1.165) is 0 Å². The molecule has 1 atom stereocenters. The molecule has 2 rings (SSSR count). The van der Waals surface area contributed by atoms with Gasteiger partial charge in [-0.1, -0.05) is 20.8 Å². The molecule has 15 heavy (non-hydrogen) atoms. The Kier molecular flexibility index (Phi) is 2.36. The monoisotopic (exact) mass is 209 g/mol. The summed E-state index contributed by atoms with van der Waals surface area (Å²) in [5.74, 6) is 0.738. The summed E-state index contributed by atoms with van der Waals surface area (Å²) in [6.07, 6.45) is 2.54. The molecule has 1 aliphatic carbocycles. The number of rotatable bonds is 2. The summed E-state index contributed by atoms with van der Waals surface area (Å²) in [6, 6.07) is 0.261. The highest BCUT2D eigenvalue weighted by Crippen LogP contribution is 2.44. The van der Waals surface area contributed by atoms with Gasteiger partial charge in [0.25, 0.3) is 0 Å². The second-order valence-corrected chi connectivity index (χ2v) is 5.89. The normalized spacial score (nSPS) is 24.9. The standard InChI is InChI=1S/C12H19NO2/c1-12(2,3)11(8-4-5-8)13-7-9(14)6-10(13)15/h8,11H,4-7H2,1-3H3. The van der Waals surface area contributed by atoms with Crippen LogP contribution in [0.3, 0.4) is 0 Å². The molecule has 3 nitrogen and oxygen atoms in total. The van der Waals surface area contributed by atoms with Crippen LogP contribution >= 0.6 is 0 Å². The van der Waals surface area contributed by atoms with E-state index >= 15 is 0 Å². The third kappa shape index (κ3) is 2.06. The Morgan fingerprint density at radius 1 is 1.27 bits per heavy atom. The van der Waals surface area contributed by atoms with E-state index in [2.05, 4.69) is 20.8 Å². The maximum Gasteiger partial charge on any atom is 0.230 e. The van der Waals surface area contributed by atoms with Crippen molar-refractivity contribution in [1.82, 2.24) is 4.90 Å². The fourth-order valence-corrected chi connectivity index (χ4v) is 2.70. The lowest BCUT2D eigenvalue weighted by molar-refractivity contribution is -0.132. The average Bonchev–Trinajstić information content (AvgIpc) is 2.78. The molecule has 0 aromatic rings. The van der Waals surface area contributed by atoms with Gasteiger partial charge in [-0.15, -0.1) is 0 Å². The second kappa shape index (κ2) is 3.32. The van der Waals surface area contributed by atoms with Gasteiger partial charge < -0.3 is 4.90 Å². The molecule has 1 saturated heterocycles. The van der Waals surface area contributed by atoms with Crippen molar-refractivity contribution in [3.8, 4) is 0 Å². The van der Waals surface area contributed by atoms with Crippen LogP contribution in [0.1, 0.15) is 40.0 Å². The van der Waals surface area contributed by atoms with E-state index in [4.69, 9.17) is 0 Å². The van der Waals surface area contributed by atoms with Crippen LogP contribution in [0.2, 0.25) is 0 Å². The predicted octanol–water partition coefficient (Wildman–Crippen LogP) is 1.61. The third-order valence-electron chi connectivity index (χ3n) is 3.31. The first-order valence-electron chi connectivity index (χ1n) is 5.71. The van der Waals surface area contributed by atoms with Crippen LogP contribution in [0.15, 0.2) is 0 Å². The van der Waals surface area contributed by atoms with Gasteiger partial charge in [-0.3, -0.25) is 9.59 Å². The first-order valence-corrected chi connectivity index (χ1v) is 5.71. The van der Waals surface area contributed by atoms with Crippen molar-refractivity contribution >= 4 is 11.7 Å². The van der Waals surface area contributed by atoms with Crippen LogP contribution < -0.4 is 0 Å². The second-order valence-electron chi connectivity index (χ2n) is 5.89. The van der Waals surface area contributed by atoms with Gasteiger partial charge >= 0.3 is 0 Å². The fraction of sp³-hybridized carbons (Fsp3) is 0.833. The molecule has 2 fully saturated rings. The smallest absolute Gasteiger partial charge is 0.230 e. The van der Waals surface area contributed by atoms with Crippen molar-refractivity contribution < 1.29 is 9.59 Å². The zero-order valence-electron chi connectivity index (χ0n) is 9.75. The zero-order valence-corrected chi connectivity index (χ0v) is 9.75. The number of ketones is 1. The Labute approximate surface area is 90.8 Å². The van der Waals surface area contributed by atoms with Gasteiger partial charge in [-0.05, 0) is 24.2 Å². The minimum Gasteiger partial charge on any atom is -0.331 e. The number of carbonyl (C=O) groups is 2. The quantitative estimate of drug-likeness (QED) is 0.648. The molecular formula is C12H19NO2.